The van der Waals surface area contributed by atoms with E-state index in [1.807, 2.05) is 0 Å². The number of rotatable bonds is 8. The average Bonchev–Trinajstić information content (AvgIpc) is 2.54. The lowest BCUT2D eigenvalue weighted by Crippen LogP contribution is -2.26. The predicted molar refractivity (Wildman–Crippen MR) is 91.6 cm³/mol. The minimum Gasteiger partial charge on any atom is -0.491 e. The summed E-state index contributed by atoms with van der Waals surface area (Å²) in [5.41, 5.74) is 0.639. The van der Waals surface area contributed by atoms with Crippen molar-refractivity contribution in [3.63, 3.8) is 0 Å². The molecule has 2 N–H and O–H groups in total. The third-order valence-corrected chi connectivity index (χ3v) is 4.29. The molecule has 7 nitrogen and oxygen atoms in total. The van der Waals surface area contributed by atoms with Gasteiger partial charge in [0.25, 0.3) is 0 Å². The molecule has 1 saturated heterocycles. The summed E-state index contributed by atoms with van der Waals surface area (Å²) in [6.07, 6.45) is 4.60. The number of hydrogen-bond donors (Lipinski definition) is 2. The predicted octanol–water partition coefficient (Wildman–Crippen LogP) is 1.51. The maximum absolute atomic E-state index is 11.7. The molecule has 1 aromatic carbocycles. The lowest BCUT2D eigenvalue weighted by atomic mass is 10.1. The molecule has 1 heterocycles. The zero-order chi connectivity index (χ0) is 17.4. The van der Waals surface area contributed by atoms with Gasteiger partial charge in [-0.15, -0.1) is 0 Å². The van der Waals surface area contributed by atoms with E-state index in [0.717, 1.165) is 31.5 Å². The van der Waals surface area contributed by atoms with E-state index in [1.54, 1.807) is 24.3 Å². The summed E-state index contributed by atoms with van der Waals surface area (Å²) in [4.78, 5) is 11.7. The van der Waals surface area contributed by atoms with Crippen molar-refractivity contribution in [3.05, 3.63) is 24.3 Å². The van der Waals surface area contributed by atoms with Crippen LogP contribution in [0.4, 0.5) is 5.69 Å². The highest BCUT2D eigenvalue weighted by Crippen LogP contribution is 2.18. The number of sulfonamides is 1. The zero-order valence-electron chi connectivity index (χ0n) is 13.8. The summed E-state index contributed by atoms with van der Waals surface area (Å²) >= 11 is 0. The van der Waals surface area contributed by atoms with Gasteiger partial charge >= 0.3 is 0 Å². The summed E-state index contributed by atoms with van der Waals surface area (Å²) < 4.78 is 35.4. The second-order valence-electron chi connectivity index (χ2n) is 5.79. The molecule has 1 atom stereocenters. The molecule has 1 amide bonds. The van der Waals surface area contributed by atoms with Crippen LogP contribution in [-0.2, 0) is 19.6 Å². The van der Waals surface area contributed by atoms with Gasteiger partial charge in [-0.1, -0.05) is 0 Å². The van der Waals surface area contributed by atoms with Crippen molar-refractivity contribution < 1.29 is 22.7 Å². The van der Waals surface area contributed by atoms with E-state index < -0.39 is 10.0 Å². The van der Waals surface area contributed by atoms with Crippen LogP contribution < -0.4 is 14.8 Å². The van der Waals surface area contributed by atoms with Gasteiger partial charge in [0.2, 0.25) is 15.9 Å². The van der Waals surface area contributed by atoms with Gasteiger partial charge in [-0.2, -0.15) is 0 Å². The Balaban J connectivity index is 1.71. The number of benzene rings is 1. The van der Waals surface area contributed by atoms with Crippen LogP contribution in [0.5, 0.6) is 5.75 Å². The largest absolute Gasteiger partial charge is 0.491 e. The van der Waals surface area contributed by atoms with Crippen molar-refractivity contribution in [2.24, 2.45) is 0 Å². The Labute approximate surface area is 142 Å². The third-order valence-electron chi connectivity index (χ3n) is 3.56. The van der Waals surface area contributed by atoms with Crippen molar-refractivity contribution in [1.82, 2.24) is 4.72 Å². The number of amides is 1. The van der Waals surface area contributed by atoms with Gasteiger partial charge in [-0.3, -0.25) is 4.79 Å². The van der Waals surface area contributed by atoms with Crippen LogP contribution in [0, 0.1) is 0 Å². The molecule has 0 aromatic heterocycles. The molecule has 24 heavy (non-hydrogen) atoms. The summed E-state index contributed by atoms with van der Waals surface area (Å²) in [6, 6.07) is 7.07. The maximum atomic E-state index is 11.7. The Morgan fingerprint density at radius 2 is 2.04 bits per heavy atom. The Morgan fingerprint density at radius 3 is 2.67 bits per heavy atom. The summed E-state index contributed by atoms with van der Waals surface area (Å²) in [5.74, 6) is 0.469. The van der Waals surface area contributed by atoms with Crippen LogP contribution in [-0.4, -0.2) is 46.4 Å². The number of anilines is 1. The third kappa shape index (κ3) is 7.29. The van der Waals surface area contributed by atoms with E-state index in [0.29, 0.717) is 12.3 Å². The van der Waals surface area contributed by atoms with Gasteiger partial charge in [-0.25, -0.2) is 13.1 Å². The van der Waals surface area contributed by atoms with Gasteiger partial charge in [-0.05, 0) is 43.5 Å². The summed E-state index contributed by atoms with van der Waals surface area (Å²) in [7, 11) is -3.27. The highest BCUT2D eigenvalue weighted by molar-refractivity contribution is 7.88. The van der Waals surface area contributed by atoms with Crippen molar-refractivity contribution in [2.45, 2.75) is 31.8 Å². The molecule has 0 bridgehead atoms. The second-order valence-corrected chi connectivity index (χ2v) is 7.62. The fourth-order valence-corrected chi connectivity index (χ4v) is 2.81. The van der Waals surface area contributed by atoms with Gasteiger partial charge in [0.1, 0.15) is 12.4 Å². The van der Waals surface area contributed by atoms with Gasteiger partial charge < -0.3 is 14.8 Å². The maximum Gasteiger partial charge on any atom is 0.225 e. The SMILES string of the molecule is CS(=O)(=O)NCCC(=O)Nc1ccc(OCC2CCCCO2)cc1. The van der Waals surface area contributed by atoms with E-state index in [-0.39, 0.29) is 25.0 Å². The quantitative estimate of drug-likeness (QED) is 0.736. The Bertz CT molecular complexity index is 624. The van der Waals surface area contributed by atoms with Gasteiger partial charge in [0.05, 0.1) is 12.4 Å². The smallest absolute Gasteiger partial charge is 0.225 e. The number of hydrogen-bond acceptors (Lipinski definition) is 5. The summed E-state index contributed by atoms with van der Waals surface area (Å²) in [5, 5.41) is 2.71. The van der Waals surface area contributed by atoms with Crippen molar-refractivity contribution >= 4 is 21.6 Å². The van der Waals surface area contributed by atoms with Crippen molar-refractivity contribution in [1.29, 1.82) is 0 Å². The van der Waals surface area contributed by atoms with E-state index in [2.05, 4.69) is 10.0 Å². The zero-order valence-corrected chi connectivity index (χ0v) is 14.6. The van der Waals surface area contributed by atoms with Crippen LogP contribution in [0.2, 0.25) is 0 Å². The van der Waals surface area contributed by atoms with E-state index in [9.17, 15) is 13.2 Å². The lowest BCUT2D eigenvalue weighted by Gasteiger charge is -2.22. The monoisotopic (exact) mass is 356 g/mol. The molecule has 8 heteroatoms. The van der Waals surface area contributed by atoms with Crippen LogP contribution in [0.25, 0.3) is 0 Å². The molecule has 0 aliphatic carbocycles. The molecule has 0 saturated carbocycles. The molecule has 2 rings (SSSR count). The molecule has 1 aliphatic heterocycles. The van der Waals surface area contributed by atoms with E-state index in [1.165, 1.54) is 6.42 Å². The first-order valence-electron chi connectivity index (χ1n) is 8.01. The van der Waals surface area contributed by atoms with E-state index in [4.69, 9.17) is 9.47 Å². The summed E-state index contributed by atoms with van der Waals surface area (Å²) in [6.45, 7) is 1.41. The lowest BCUT2D eigenvalue weighted by molar-refractivity contribution is -0.116. The number of ether oxygens (including phenoxy) is 2. The Hall–Kier alpha value is -1.64. The fourth-order valence-electron chi connectivity index (χ4n) is 2.34. The first kappa shape index (κ1) is 18.7. The minimum absolute atomic E-state index is 0.0738. The first-order valence-corrected chi connectivity index (χ1v) is 9.90. The molecule has 134 valence electrons. The number of carbonyl (C=O) groups excluding carboxylic acids is 1. The highest BCUT2D eigenvalue weighted by Gasteiger charge is 2.14. The van der Waals surface area contributed by atoms with E-state index >= 15 is 0 Å². The second kappa shape index (κ2) is 9.00. The van der Waals surface area contributed by atoms with Crippen molar-refractivity contribution in [3.8, 4) is 5.75 Å². The van der Waals surface area contributed by atoms with Gasteiger partial charge in [0, 0.05) is 25.3 Å². The number of nitrogens with one attached hydrogen (secondary N) is 2. The van der Waals surface area contributed by atoms with Crippen LogP contribution in [0.3, 0.4) is 0 Å². The minimum atomic E-state index is -3.27. The highest BCUT2D eigenvalue weighted by atomic mass is 32.2. The van der Waals surface area contributed by atoms with Crippen LogP contribution >= 0.6 is 0 Å². The molecule has 1 fully saturated rings. The molecule has 0 spiro atoms. The number of carbonyl (C=O) groups is 1. The molecule has 0 radical (unpaired) electrons. The Kier molecular flexibility index (Phi) is 7.01. The first-order chi connectivity index (χ1) is 11.4. The Morgan fingerprint density at radius 1 is 1.29 bits per heavy atom. The molecule has 1 unspecified atom stereocenters. The molecular formula is C16H24N2O5S. The molecule has 1 aromatic rings. The van der Waals surface area contributed by atoms with Crippen LogP contribution in [0.15, 0.2) is 24.3 Å². The standard InChI is InChI=1S/C16H24N2O5S/c1-24(20,21)17-10-9-16(19)18-13-5-7-14(8-6-13)23-12-15-4-2-3-11-22-15/h5-8,15,17H,2-4,9-12H2,1H3,(H,18,19). The molecule has 1 aliphatic rings. The van der Waals surface area contributed by atoms with Crippen molar-refractivity contribution in [2.75, 3.05) is 31.3 Å². The topological polar surface area (TPSA) is 93.7 Å². The van der Waals surface area contributed by atoms with Crippen LogP contribution in [0.1, 0.15) is 25.7 Å². The fraction of sp³-hybridized carbons (Fsp3) is 0.562. The molecular weight excluding hydrogens is 332 g/mol. The average molecular weight is 356 g/mol. The normalized spacial score (nSPS) is 18.1. The van der Waals surface area contributed by atoms with Gasteiger partial charge in [0.15, 0.2) is 0 Å².